The second kappa shape index (κ2) is 5.93. The van der Waals surface area contributed by atoms with Gasteiger partial charge in [-0.15, -0.1) is 10.2 Å². The van der Waals surface area contributed by atoms with Gasteiger partial charge in [-0.1, -0.05) is 0 Å². The third-order valence-corrected chi connectivity index (χ3v) is 3.68. The van der Waals surface area contributed by atoms with Crippen molar-refractivity contribution in [2.45, 2.75) is 13.1 Å². The van der Waals surface area contributed by atoms with Gasteiger partial charge in [-0.2, -0.15) is 21.6 Å². The second-order valence-electron chi connectivity index (χ2n) is 5.23. The number of nitrogens with one attached hydrogen (secondary N) is 1. The molecule has 0 bridgehead atoms. The largest absolute Gasteiger partial charge is 0.452 e. The van der Waals surface area contributed by atoms with Crippen molar-refractivity contribution in [3.63, 3.8) is 0 Å². The van der Waals surface area contributed by atoms with E-state index in [1.807, 2.05) is 0 Å². The summed E-state index contributed by atoms with van der Waals surface area (Å²) in [6.45, 7) is 1.95. The van der Waals surface area contributed by atoms with Crippen molar-refractivity contribution >= 4 is 32.6 Å². The SMILES string of the molecule is CCNc1nc2c(OS(C)(=O)=O)cc(F)cc2n2c(C(F)(F)F)nnc12. The van der Waals surface area contributed by atoms with Crippen molar-refractivity contribution in [3.8, 4) is 5.75 Å². The van der Waals surface area contributed by atoms with E-state index in [-0.39, 0.29) is 23.5 Å². The van der Waals surface area contributed by atoms with E-state index in [9.17, 15) is 26.0 Å². The van der Waals surface area contributed by atoms with Crippen LogP contribution < -0.4 is 9.50 Å². The molecule has 140 valence electrons. The number of hydrogen-bond donors (Lipinski definition) is 1. The quantitative estimate of drug-likeness (QED) is 0.536. The van der Waals surface area contributed by atoms with Crippen LogP contribution in [0.2, 0.25) is 0 Å². The minimum absolute atomic E-state index is 0.0899. The molecular weight excluding hydrogens is 382 g/mol. The van der Waals surface area contributed by atoms with Gasteiger partial charge >= 0.3 is 16.3 Å². The Morgan fingerprint density at radius 3 is 2.54 bits per heavy atom. The zero-order valence-corrected chi connectivity index (χ0v) is 14.1. The smallest absolute Gasteiger partial charge is 0.380 e. The summed E-state index contributed by atoms with van der Waals surface area (Å²) < 4.78 is 81.8. The van der Waals surface area contributed by atoms with Gasteiger partial charge < -0.3 is 9.50 Å². The zero-order valence-electron chi connectivity index (χ0n) is 13.3. The Morgan fingerprint density at radius 1 is 1.27 bits per heavy atom. The highest BCUT2D eigenvalue weighted by molar-refractivity contribution is 7.86. The molecular formula is C13H11F4N5O3S. The van der Waals surface area contributed by atoms with Crippen molar-refractivity contribution < 1.29 is 30.2 Å². The van der Waals surface area contributed by atoms with Crippen LogP contribution in [0.5, 0.6) is 5.75 Å². The minimum Gasteiger partial charge on any atom is -0.380 e. The first-order valence-corrected chi connectivity index (χ1v) is 8.92. The molecule has 0 saturated carbocycles. The molecule has 0 radical (unpaired) electrons. The first-order chi connectivity index (χ1) is 12.0. The highest BCUT2D eigenvalue weighted by Gasteiger charge is 2.38. The molecule has 8 nitrogen and oxygen atoms in total. The van der Waals surface area contributed by atoms with Crippen molar-refractivity contribution in [1.82, 2.24) is 19.6 Å². The molecule has 0 unspecified atom stereocenters. The number of anilines is 1. The molecule has 3 rings (SSSR count). The predicted molar refractivity (Wildman–Crippen MR) is 82.9 cm³/mol. The van der Waals surface area contributed by atoms with Gasteiger partial charge in [0.2, 0.25) is 11.5 Å². The molecule has 0 aliphatic rings. The highest BCUT2D eigenvalue weighted by Crippen LogP contribution is 2.34. The first-order valence-electron chi connectivity index (χ1n) is 7.10. The maximum absolute atomic E-state index is 13.9. The number of benzene rings is 1. The topological polar surface area (TPSA) is 98.5 Å². The Morgan fingerprint density at radius 2 is 1.96 bits per heavy atom. The van der Waals surface area contributed by atoms with Crippen LogP contribution in [0.25, 0.3) is 16.7 Å². The van der Waals surface area contributed by atoms with Crippen molar-refractivity contribution in [3.05, 3.63) is 23.8 Å². The van der Waals surface area contributed by atoms with Gasteiger partial charge in [-0.3, -0.25) is 4.40 Å². The number of alkyl halides is 3. The van der Waals surface area contributed by atoms with Crippen LogP contribution in [0.3, 0.4) is 0 Å². The number of fused-ring (bicyclic) bond motifs is 3. The van der Waals surface area contributed by atoms with Crippen LogP contribution in [0.15, 0.2) is 12.1 Å². The van der Waals surface area contributed by atoms with Gasteiger partial charge in [-0.05, 0) is 6.92 Å². The molecule has 26 heavy (non-hydrogen) atoms. The van der Waals surface area contributed by atoms with Crippen molar-refractivity contribution in [2.24, 2.45) is 0 Å². The van der Waals surface area contributed by atoms with Crippen LogP contribution >= 0.6 is 0 Å². The lowest BCUT2D eigenvalue weighted by Gasteiger charge is -2.13. The Kier molecular flexibility index (Phi) is 4.13. The lowest BCUT2D eigenvalue weighted by molar-refractivity contribution is -0.145. The molecule has 0 aliphatic heterocycles. The zero-order chi connectivity index (χ0) is 19.3. The molecule has 3 aromatic rings. The highest BCUT2D eigenvalue weighted by atomic mass is 32.2. The van der Waals surface area contributed by atoms with Gasteiger partial charge in [0.15, 0.2) is 11.6 Å². The normalized spacial score (nSPS) is 12.7. The summed E-state index contributed by atoms with van der Waals surface area (Å²) in [6.07, 6.45) is -4.17. The van der Waals surface area contributed by atoms with Gasteiger partial charge in [0.25, 0.3) is 0 Å². The molecule has 0 fully saturated rings. The average Bonchev–Trinajstić information content (AvgIpc) is 2.92. The molecule has 0 atom stereocenters. The number of rotatable bonds is 4. The lowest BCUT2D eigenvalue weighted by atomic mass is 10.2. The van der Waals surface area contributed by atoms with E-state index in [0.717, 1.165) is 12.1 Å². The summed E-state index contributed by atoms with van der Waals surface area (Å²) in [6, 6.07) is 1.48. The third kappa shape index (κ3) is 3.21. The summed E-state index contributed by atoms with van der Waals surface area (Å²) in [5, 5.41) is 9.31. The van der Waals surface area contributed by atoms with Crippen LogP contribution in [-0.2, 0) is 16.3 Å². The van der Waals surface area contributed by atoms with E-state index >= 15 is 0 Å². The average molecular weight is 393 g/mol. The molecule has 0 spiro atoms. The van der Waals surface area contributed by atoms with E-state index in [0.29, 0.717) is 10.7 Å². The van der Waals surface area contributed by atoms with Crippen LogP contribution in [0.1, 0.15) is 12.7 Å². The molecule has 1 aromatic carbocycles. The fourth-order valence-corrected chi connectivity index (χ4v) is 2.82. The van der Waals surface area contributed by atoms with E-state index in [2.05, 4.69) is 24.7 Å². The lowest BCUT2D eigenvalue weighted by Crippen LogP contribution is -2.13. The molecule has 2 aromatic heterocycles. The molecule has 2 heterocycles. The summed E-state index contributed by atoms with van der Waals surface area (Å²) in [7, 11) is -4.08. The monoisotopic (exact) mass is 393 g/mol. The number of hydrogen-bond acceptors (Lipinski definition) is 7. The van der Waals surface area contributed by atoms with Crippen LogP contribution in [0, 0.1) is 5.82 Å². The maximum Gasteiger partial charge on any atom is 0.452 e. The predicted octanol–water partition coefficient (Wildman–Crippen LogP) is 2.21. The van der Waals surface area contributed by atoms with Gasteiger partial charge in [-0.25, -0.2) is 9.37 Å². The minimum atomic E-state index is -4.89. The van der Waals surface area contributed by atoms with Crippen molar-refractivity contribution in [2.75, 3.05) is 18.1 Å². The molecule has 0 saturated heterocycles. The summed E-state index contributed by atoms with van der Waals surface area (Å²) in [5.41, 5.74) is -0.981. The summed E-state index contributed by atoms with van der Waals surface area (Å²) >= 11 is 0. The number of halogens is 4. The molecule has 1 N–H and O–H groups in total. The summed E-state index contributed by atoms with van der Waals surface area (Å²) in [4.78, 5) is 4.06. The second-order valence-corrected chi connectivity index (χ2v) is 6.81. The Hall–Kier alpha value is -2.70. The Labute approximate surface area is 143 Å². The van der Waals surface area contributed by atoms with Gasteiger partial charge in [0, 0.05) is 18.7 Å². The molecule has 0 aliphatic carbocycles. The number of aromatic nitrogens is 4. The molecule has 0 amide bonds. The Bertz CT molecular complexity index is 1110. The number of nitrogens with zero attached hydrogens (tertiary/aromatic N) is 4. The van der Waals surface area contributed by atoms with E-state index in [4.69, 9.17) is 0 Å². The molecule has 13 heteroatoms. The standard InChI is InChI=1S/C13H11F4N5O3S/c1-3-18-10-11-20-21-12(13(15,16)17)22(11)7-4-6(14)5-8(9(7)19-10)25-26(2,23)24/h4-5H,3H2,1-2H3,(H,18,19). The van der Waals surface area contributed by atoms with Crippen LogP contribution in [-0.4, -0.2) is 40.8 Å². The first kappa shape index (κ1) is 18.1. The van der Waals surface area contributed by atoms with Gasteiger partial charge in [0.05, 0.1) is 11.8 Å². The van der Waals surface area contributed by atoms with Crippen molar-refractivity contribution in [1.29, 1.82) is 0 Å². The van der Waals surface area contributed by atoms with E-state index < -0.39 is 39.2 Å². The summed E-state index contributed by atoms with van der Waals surface area (Å²) in [5.74, 6) is -3.06. The van der Waals surface area contributed by atoms with Crippen LogP contribution in [0.4, 0.5) is 23.4 Å². The third-order valence-electron chi connectivity index (χ3n) is 3.20. The fraction of sp³-hybridized carbons (Fsp3) is 0.308. The Balaban J connectivity index is 2.49. The van der Waals surface area contributed by atoms with Gasteiger partial charge in [0.1, 0.15) is 11.3 Å². The van der Waals surface area contributed by atoms with E-state index in [1.165, 1.54) is 0 Å². The fourth-order valence-electron chi connectivity index (χ4n) is 2.37. The maximum atomic E-state index is 13.9. The van der Waals surface area contributed by atoms with E-state index in [1.54, 1.807) is 6.92 Å².